The van der Waals surface area contributed by atoms with E-state index in [2.05, 4.69) is 83.6 Å². The lowest BCUT2D eigenvalue weighted by Gasteiger charge is -2.24. The first kappa shape index (κ1) is 19.8. The Bertz CT molecular complexity index is 945. The molecule has 3 aromatic rings. The molecule has 1 N–H and O–H groups in total. The molecule has 29 heavy (non-hydrogen) atoms. The average Bonchev–Trinajstić information content (AvgIpc) is 2.94. The molecule has 1 aromatic heterocycles. The molecule has 0 bridgehead atoms. The molecule has 4 nitrogen and oxygen atoms in total. The number of aryl methyl sites for hydroxylation is 1. The minimum absolute atomic E-state index is 0.213. The maximum absolute atomic E-state index is 4.90. The van der Waals surface area contributed by atoms with Crippen LogP contribution in [0.5, 0.6) is 0 Å². The van der Waals surface area contributed by atoms with Crippen LogP contribution in [0.15, 0.2) is 70.6 Å². The molecule has 4 rings (SSSR count). The highest BCUT2D eigenvalue weighted by atomic mass is 32.2. The van der Waals surface area contributed by atoms with Gasteiger partial charge in [0, 0.05) is 46.7 Å². The zero-order valence-electron chi connectivity index (χ0n) is 17.1. The lowest BCUT2D eigenvalue weighted by Crippen LogP contribution is -2.25. The number of nitrogens with one attached hydrogen (secondary N) is 1. The lowest BCUT2D eigenvalue weighted by atomic mass is 10.0. The molecule has 150 valence electrons. The molecule has 2 heterocycles. The van der Waals surface area contributed by atoms with E-state index in [1.54, 1.807) is 11.8 Å². The highest BCUT2D eigenvalue weighted by Gasteiger charge is 2.25. The number of aromatic nitrogens is 2. The van der Waals surface area contributed by atoms with Crippen LogP contribution >= 0.6 is 11.8 Å². The summed E-state index contributed by atoms with van der Waals surface area (Å²) < 4.78 is 0. The standard InChI is InChI=1S/C24H28N4S/c1-3-23-25-17-19-20(14-10-16-28(4-2)24(19)27-23)26-21-13-8-9-15-22(21)29-18-11-6-5-7-12-18/h5-9,11-13,15,17,20,26H,3-4,10,14,16H2,1-2H3. The Kier molecular flexibility index (Phi) is 6.35. The van der Waals surface area contributed by atoms with E-state index < -0.39 is 0 Å². The fourth-order valence-corrected chi connectivity index (χ4v) is 4.70. The van der Waals surface area contributed by atoms with Gasteiger partial charge in [-0.1, -0.05) is 49.0 Å². The van der Waals surface area contributed by atoms with Crippen molar-refractivity contribution in [3.05, 3.63) is 72.2 Å². The van der Waals surface area contributed by atoms with Crippen LogP contribution in [0.3, 0.4) is 0 Å². The summed E-state index contributed by atoms with van der Waals surface area (Å²) in [5, 5.41) is 3.82. The number of hydrogen-bond donors (Lipinski definition) is 1. The van der Waals surface area contributed by atoms with Crippen LogP contribution in [-0.2, 0) is 6.42 Å². The van der Waals surface area contributed by atoms with E-state index in [0.29, 0.717) is 0 Å². The highest BCUT2D eigenvalue weighted by Crippen LogP contribution is 2.38. The maximum Gasteiger partial charge on any atom is 0.137 e. The second kappa shape index (κ2) is 9.31. The number of benzene rings is 2. The van der Waals surface area contributed by atoms with Crippen LogP contribution in [0, 0.1) is 0 Å². The van der Waals surface area contributed by atoms with E-state index in [9.17, 15) is 0 Å². The Morgan fingerprint density at radius 3 is 2.66 bits per heavy atom. The van der Waals surface area contributed by atoms with Crippen molar-refractivity contribution in [2.24, 2.45) is 0 Å². The summed E-state index contributed by atoms with van der Waals surface area (Å²) in [6.07, 6.45) is 5.11. The van der Waals surface area contributed by atoms with Gasteiger partial charge in [0.1, 0.15) is 11.6 Å². The number of anilines is 2. The first-order valence-corrected chi connectivity index (χ1v) is 11.3. The van der Waals surface area contributed by atoms with Gasteiger partial charge in [-0.2, -0.15) is 0 Å². The molecule has 1 aliphatic rings. The van der Waals surface area contributed by atoms with Crippen molar-refractivity contribution in [1.29, 1.82) is 0 Å². The fourth-order valence-electron chi connectivity index (χ4n) is 3.77. The van der Waals surface area contributed by atoms with E-state index >= 15 is 0 Å². The molecule has 0 radical (unpaired) electrons. The molecule has 0 amide bonds. The molecule has 0 saturated carbocycles. The van der Waals surface area contributed by atoms with Crippen molar-refractivity contribution in [3.63, 3.8) is 0 Å². The zero-order valence-corrected chi connectivity index (χ0v) is 18.0. The first-order chi connectivity index (χ1) is 14.3. The van der Waals surface area contributed by atoms with E-state index in [0.717, 1.165) is 44.0 Å². The third-order valence-electron chi connectivity index (χ3n) is 5.33. The van der Waals surface area contributed by atoms with Crippen molar-refractivity contribution < 1.29 is 0 Å². The monoisotopic (exact) mass is 404 g/mol. The minimum atomic E-state index is 0.213. The van der Waals surface area contributed by atoms with Gasteiger partial charge in [0.05, 0.1) is 6.04 Å². The molecule has 1 atom stereocenters. The van der Waals surface area contributed by atoms with Gasteiger partial charge in [-0.25, -0.2) is 9.97 Å². The summed E-state index contributed by atoms with van der Waals surface area (Å²) >= 11 is 1.80. The molecule has 0 spiro atoms. The summed E-state index contributed by atoms with van der Waals surface area (Å²) in [5.41, 5.74) is 2.38. The predicted molar refractivity (Wildman–Crippen MR) is 122 cm³/mol. The third-order valence-corrected chi connectivity index (χ3v) is 6.41. The van der Waals surface area contributed by atoms with Crippen molar-refractivity contribution >= 4 is 23.3 Å². The minimum Gasteiger partial charge on any atom is -0.377 e. The predicted octanol–water partition coefficient (Wildman–Crippen LogP) is 5.96. The van der Waals surface area contributed by atoms with Gasteiger partial charge < -0.3 is 10.2 Å². The summed E-state index contributed by atoms with van der Waals surface area (Å²) in [6.45, 7) is 6.33. The van der Waals surface area contributed by atoms with Crippen LogP contribution in [-0.4, -0.2) is 23.1 Å². The van der Waals surface area contributed by atoms with Crippen LogP contribution in [0.2, 0.25) is 0 Å². The van der Waals surface area contributed by atoms with E-state index in [-0.39, 0.29) is 6.04 Å². The molecule has 5 heteroatoms. The Morgan fingerprint density at radius 1 is 1.07 bits per heavy atom. The lowest BCUT2D eigenvalue weighted by molar-refractivity contribution is 0.657. The molecule has 1 unspecified atom stereocenters. The molecular formula is C24H28N4S. The average molecular weight is 405 g/mol. The SMILES string of the molecule is CCc1ncc2c(n1)N(CC)CCCC2Nc1ccccc1Sc1ccccc1. The van der Waals surface area contributed by atoms with Gasteiger partial charge in [-0.05, 0) is 44.0 Å². The van der Waals surface area contributed by atoms with Crippen LogP contribution in [0.4, 0.5) is 11.5 Å². The van der Waals surface area contributed by atoms with Crippen LogP contribution in [0.1, 0.15) is 44.1 Å². The molecule has 1 aliphatic heterocycles. The van der Waals surface area contributed by atoms with Crippen LogP contribution < -0.4 is 10.2 Å². The number of fused-ring (bicyclic) bond motifs is 1. The Balaban J connectivity index is 1.64. The first-order valence-electron chi connectivity index (χ1n) is 10.5. The molecule has 2 aromatic carbocycles. The smallest absolute Gasteiger partial charge is 0.137 e. The van der Waals surface area contributed by atoms with Gasteiger partial charge in [0.25, 0.3) is 0 Å². The highest BCUT2D eigenvalue weighted by molar-refractivity contribution is 7.99. The largest absolute Gasteiger partial charge is 0.377 e. The van der Waals surface area contributed by atoms with Crippen LogP contribution in [0.25, 0.3) is 0 Å². The second-order valence-electron chi connectivity index (χ2n) is 7.25. The topological polar surface area (TPSA) is 41.1 Å². The Labute approximate surface area is 177 Å². The van der Waals surface area contributed by atoms with Gasteiger partial charge in [-0.15, -0.1) is 0 Å². The molecule has 0 saturated heterocycles. The third kappa shape index (κ3) is 4.56. The van der Waals surface area contributed by atoms with Gasteiger partial charge >= 0.3 is 0 Å². The Hall–Kier alpha value is -2.53. The van der Waals surface area contributed by atoms with Crippen molar-refractivity contribution in [2.45, 2.75) is 48.9 Å². The second-order valence-corrected chi connectivity index (χ2v) is 8.36. The van der Waals surface area contributed by atoms with Crippen molar-refractivity contribution in [2.75, 3.05) is 23.3 Å². The van der Waals surface area contributed by atoms with Gasteiger partial charge in [0.15, 0.2) is 0 Å². The van der Waals surface area contributed by atoms with E-state index in [1.165, 1.54) is 21.0 Å². The zero-order chi connectivity index (χ0) is 20.1. The van der Waals surface area contributed by atoms with E-state index in [1.807, 2.05) is 6.20 Å². The van der Waals surface area contributed by atoms with E-state index in [4.69, 9.17) is 4.98 Å². The number of hydrogen-bond acceptors (Lipinski definition) is 5. The van der Waals surface area contributed by atoms with Crippen molar-refractivity contribution in [1.82, 2.24) is 9.97 Å². The molecular weight excluding hydrogens is 376 g/mol. The number of para-hydroxylation sites is 1. The fraction of sp³-hybridized carbons (Fsp3) is 0.333. The summed E-state index contributed by atoms with van der Waals surface area (Å²) in [6, 6.07) is 19.3. The quantitative estimate of drug-likeness (QED) is 0.549. The summed E-state index contributed by atoms with van der Waals surface area (Å²) in [7, 11) is 0. The van der Waals surface area contributed by atoms with Crippen molar-refractivity contribution in [3.8, 4) is 0 Å². The summed E-state index contributed by atoms with van der Waals surface area (Å²) in [4.78, 5) is 14.4. The summed E-state index contributed by atoms with van der Waals surface area (Å²) in [5.74, 6) is 2.02. The molecule has 0 aliphatic carbocycles. The van der Waals surface area contributed by atoms with Gasteiger partial charge in [-0.3, -0.25) is 0 Å². The Morgan fingerprint density at radius 2 is 1.86 bits per heavy atom. The normalized spacial score (nSPS) is 16.2. The number of nitrogens with zero attached hydrogens (tertiary/aromatic N) is 3. The van der Waals surface area contributed by atoms with Gasteiger partial charge in [0.2, 0.25) is 0 Å². The maximum atomic E-state index is 4.90. The number of rotatable bonds is 6. The molecule has 0 fully saturated rings.